The molecule has 388 valence electrons. The summed E-state index contributed by atoms with van der Waals surface area (Å²) in [6.07, 6.45) is 27.0. The van der Waals surface area contributed by atoms with Crippen LogP contribution in [0.5, 0.6) is 0 Å². The van der Waals surface area contributed by atoms with Gasteiger partial charge in [0.1, 0.15) is 12.2 Å². The number of hydrogen-bond acceptors (Lipinski definition) is 3. The average molecular weight is 948 g/mol. The molecule has 2 heterocycles. The molecule has 20 fully saturated rings. The third-order valence-electron chi connectivity index (χ3n) is 34.0. The van der Waals surface area contributed by atoms with Crippen LogP contribution in [0.15, 0.2) is 0 Å². The molecule has 18 aliphatic carbocycles. The van der Waals surface area contributed by atoms with Gasteiger partial charge in [-0.3, -0.25) is 0 Å². The van der Waals surface area contributed by atoms with Gasteiger partial charge in [0.2, 0.25) is 0 Å². The first-order valence-electron chi connectivity index (χ1n) is 30.8. The van der Waals surface area contributed by atoms with E-state index in [1.54, 1.807) is 0 Å². The molecule has 0 N–H and O–H groups in total. The topological polar surface area (TPSA) is 34.3 Å². The third kappa shape index (κ3) is 4.11. The van der Waals surface area contributed by atoms with Crippen molar-refractivity contribution in [2.24, 2.45) is 134 Å². The van der Waals surface area contributed by atoms with Gasteiger partial charge in [-0.1, -0.05) is 125 Å². The van der Waals surface area contributed by atoms with Crippen molar-refractivity contribution in [3.8, 4) is 0 Å². The van der Waals surface area contributed by atoms with Gasteiger partial charge in [0, 0.05) is 10.8 Å². The van der Waals surface area contributed by atoms with Gasteiger partial charge < -0.3 is 14.2 Å². The summed E-state index contributed by atoms with van der Waals surface area (Å²) in [7, 11) is 0. The standard InChI is InChI=1S/C66H106O3/c1-39-19-21-41-31-61(39,51(41,3)4)59(17)29-25-45-35-65(59,55(45,11)12)63-33-43(53(63,7)8)23-27-57(63,15)49-47(68-49)37-67-38-48-50(69-48)58(16)28-24-44-34-64(58,54(44,9)10)66-36-46(56(66,13)14)26-30-60(66,18)62-32-42(52(62,5)6)22-20-40(62)2/h39-50H,19-38H2,1-18H3. The van der Waals surface area contributed by atoms with Crippen molar-refractivity contribution in [1.82, 2.24) is 0 Å². The van der Waals surface area contributed by atoms with Gasteiger partial charge in [-0.2, -0.15) is 0 Å². The van der Waals surface area contributed by atoms with Crippen LogP contribution in [0.2, 0.25) is 0 Å². The van der Waals surface area contributed by atoms with Crippen LogP contribution >= 0.6 is 0 Å². The molecule has 20 rings (SSSR count). The highest BCUT2D eigenvalue weighted by Gasteiger charge is 2.94. The average Bonchev–Trinajstić information content (AvgIpc) is 4.22. The van der Waals surface area contributed by atoms with Crippen molar-refractivity contribution in [3.05, 3.63) is 0 Å². The zero-order valence-electron chi connectivity index (χ0n) is 48.3. The van der Waals surface area contributed by atoms with E-state index in [1.165, 1.54) is 116 Å². The maximum absolute atomic E-state index is 7.21. The van der Waals surface area contributed by atoms with E-state index in [0.717, 1.165) is 60.6 Å². The van der Waals surface area contributed by atoms with Crippen molar-refractivity contribution < 1.29 is 14.2 Å². The Bertz CT molecular complexity index is 2100. The van der Waals surface area contributed by atoms with Gasteiger partial charge in [-0.25, -0.2) is 0 Å². The third-order valence-corrected chi connectivity index (χ3v) is 34.0. The van der Waals surface area contributed by atoms with Crippen molar-refractivity contribution in [3.63, 3.8) is 0 Å². The largest absolute Gasteiger partial charge is 0.376 e. The minimum absolute atomic E-state index is 0.165. The monoisotopic (exact) mass is 947 g/mol. The van der Waals surface area contributed by atoms with Gasteiger partial charge in [-0.15, -0.1) is 0 Å². The maximum atomic E-state index is 7.21. The molecule has 0 spiro atoms. The molecule has 20 aliphatic rings. The van der Waals surface area contributed by atoms with Crippen molar-refractivity contribution >= 4 is 0 Å². The van der Waals surface area contributed by atoms with E-state index in [1.807, 2.05) is 0 Å². The van der Waals surface area contributed by atoms with E-state index in [0.29, 0.717) is 77.2 Å². The maximum Gasteiger partial charge on any atom is 0.108 e. The fourth-order valence-corrected chi connectivity index (χ4v) is 30.8. The second-order valence-corrected chi connectivity index (χ2v) is 34.6. The second kappa shape index (κ2) is 12.7. The van der Waals surface area contributed by atoms with Gasteiger partial charge in [0.25, 0.3) is 0 Å². The lowest BCUT2D eigenvalue weighted by atomic mass is 9.11. The van der Waals surface area contributed by atoms with E-state index in [-0.39, 0.29) is 33.9 Å². The van der Waals surface area contributed by atoms with Crippen LogP contribution < -0.4 is 0 Å². The van der Waals surface area contributed by atoms with Crippen LogP contribution in [0.25, 0.3) is 0 Å². The first-order valence-corrected chi connectivity index (χ1v) is 30.8. The smallest absolute Gasteiger partial charge is 0.108 e. The molecular weight excluding hydrogens is 841 g/mol. The second-order valence-electron chi connectivity index (χ2n) is 34.6. The minimum atomic E-state index is 0.165. The lowest BCUT2D eigenvalue weighted by molar-refractivity contribution is -0.456. The summed E-state index contributed by atoms with van der Waals surface area (Å²) in [4.78, 5) is 0. The van der Waals surface area contributed by atoms with Crippen LogP contribution in [0.3, 0.4) is 0 Å². The Balaban J connectivity index is 0.747. The minimum Gasteiger partial charge on any atom is -0.376 e. The summed E-state index contributed by atoms with van der Waals surface area (Å²) < 4.78 is 21.5. The van der Waals surface area contributed by atoms with Crippen LogP contribution in [0.1, 0.15) is 240 Å². The molecular formula is C66H106O3. The molecule has 0 amide bonds. The zero-order valence-corrected chi connectivity index (χ0v) is 48.3. The van der Waals surface area contributed by atoms with Gasteiger partial charge in [0.15, 0.2) is 0 Å². The van der Waals surface area contributed by atoms with Crippen LogP contribution in [-0.2, 0) is 14.2 Å². The Morgan fingerprint density at radius 1 is 0.348 bits per heavy atom. The highest BCUT2D eigenvalue weighted by Crippen LogP contribution is 2.99. The van der Waals surface area contributed by atoms with E-state index < -0.39 is 0 Å². The molecule has 0 radical (unpaired) electrons. The molecule has 3 nitrogen and oxygen atoms in total. The SMILES string of the molecule is CC1CCC2CC1(C1(C)CCC3CC1(C14CC(CCC1(C)C1OC1COCC1OC1C1(C)CCC5CC1(C16CC(CCC1(C)C17CC(CCC1C)C7(C)C)C6(C)C)C5(C)C)C4(C)C)C3(C)C)C2(C)C. The molecule has 22 atom stereocenters. The molecule has 12 bridgehead atoms. The van der Waals surface area contributed by atoms with Crippen LogP contribution in [-0.4, -0.2) is 37.6 Å². The fourth-order valence-electron chi connectivity index (χ4n) is 30.8. The number of rotatable bonds is 10. The molecule has 0 aromatic carbocycles. The van der Waals surface area contributed by atoms with E-state index >= 15 is 0 Å². The summed E-state index contributed by atoms with van der Waals surface area (Å²) in [5.41, 5.74) is 5.32. The summed E-state index contributed by atoms with van der Waals surface area (Å²) >= 11 is 0. The molecule has 69 heavy (non-hydrogen) atoms. The Hall–Kier alpha value is -0.120. The predicted molar refractivity (Wildman–Crippen MR) is 280 cm³/mol. The molecule has 0 aromatic heterocycles. The van der Waals surface area contributed by atoms with Crippen molar-refractivity contribution in [1.29, 1.82) is 0 Å². The molecule has 18 saturated carbocycles. The Morgan fingerprint density at radius 3 is 0.957 bits per heavy atom. The molecule has 3 heteroatoms. The van der Waals surface area contributed by atoms with E-state index in [2.05, 4.69) is 125 Å². The number of hydrogen-bond donors (Lipinski definition) is 0. The first kappa shape index (κ1) is 47.3. The number of fused-ring (bicyclic) bond motifs is 12. The lowest BCUT2D eigenvalue weighted by Crippen LogP contribution is -2.88. The normalized spacial score (nSPS) is 63.2. The van der Waals surface area contributed by atoms with Crippen molar-refractivity contribution in [2.75, 3.05) is 13.2 Å². The van der Waals surface area contributed by atoms with Crippen LogP contribution in [0.4, 0.5) is 0 Å². The van der Waals surface area contributed by atoms with E-state index in [4.69, 9.17) is 14.2 Å². The van der Waals surface area contributed by atoms with Gasteiger partial charge in [0.05, 0.1) is 25.4 Å². The first-order chi connectivity index (χ1) is 31.9. The molecule has 0 aromatic rings. The Morgan fingerprint density at radius 2 is 0.652 bits per heavy atom. The Kier molecular flexibility index (Phi) is 8.68. The molecule has 2 aliphatic heterocycles. The lowest BCUT2D eigenvalue weighted by Gasteiger charge is -2.93. The predicted octanol–water partition coefficient (Wildman–Crippen LogP) is 16.8. The number of ether oxygens (including phenoxy) is 3. The summed E-state index contributed by atoms with van der Waals surface area (Å²) in [5, 5.41) is 0. The summed E-state index contributed by atoms with van der Waals surface area (Å²) in [6, 6.07) is 0. The highest BCUT2D eigenvalue weighted by molar-refractivity contribution is 5.41. The number of epoxide rings is 2. The Labute approximate surface area is 424 Å². The summed E-state index contributed by atoms with van der Waals surface area (Å²) in [5.74, 6) is 6.92. The van der Waals surface area contributed by atoms with E-state index in [9.17, 15) is 0 Å². The van der Waals surface area contributed by atoms with Gasteiger partial charge >= 0.3 is 0 Å². The molecule has 22 unspecified atom stereocenters. The summed E-state index contributed by atoms with van der Waals surface area (Å²) in [6.45, 7) is 51.8. The zero-order chi connectivity index (χ0) is 49.2. The fraction of sp³-hybridized carbons (Fsp3) is 1.00. The molecule has 2 saturated heterocycles. The van der Waals surface area contributed by atoms with Gasteiger partial charge in [-0.05, 0) is 239 Å². The quantitative estimate of drug-likeness (QED) is 0.205. The van der Waals surface area contributed by atoms with Crippen LogP contribution in [0, 0.1) is 134 Å². The van der Waals surface area contributed by atoms with Crippen molar-refractivity contribution in [2.45, 2.75) is 265 Å². The highest BCUT2D eigenvalue weighted by atomic mass is 16.6.